The van der Waals surface area contributed by atoms with E-state index >= 15 is 0 Å². The lowest BCUT2D eigenvalue weighted by molar-refractivity contribution is 0.102. The zero-order valence-corrected chi connectivity index (χ0v) is 11.5. The molecule has 2 aromatic carbocycles. The number of para-hydroxylation sites is 2. The highest BCUT2D eigenvalue weighted by Gasteiger charge is 2.11. The number of benzene rings is 2. The minimum Gasteiger partial charge on any atom is -0.397 e. The molecule has 0 aliphatic carbocycles. The van der Waals surface area contributed by atoms with Crippen LogP contribution in [0.2, 0.25) is 0 Å². The van der Waals surface area contributed by atoms with E-state index in [1.807, 2.05) is 31.2 Å². The second-order valence-electron chi connectivity index (χ2n) is 4.02. The zero-order chi connectivity index (χ0) is 13.1. The van der Waals surface area contributed by atoms with E-state index in [2.05, 4.69) is 21.2 Å². The number of hydrogen-bond acceptors (Lipinski definition) is 2. The number of aryl methyl sites for hydroxylation is 1. The van der Waals surface area contributed by atoms with E-state index in [1.165, 1.54) is 0 Å². The molecule has 0 saturated heterocycles. The summed E-state index contributed by atoms with van der Waals surface area (Å²) in [6.45, 7) is 1.97. The molecule has 0 saturated carbocycles. The maximum atomic E-state index is 12.1. The van der Waals surface area contributed by atoms with Crippen LogP contribution < -0.4 is 11.1 Å². The van der Waals surface area contributed by atoms with Gasteiger partial charge in [0.25, 0.3) is 5.91 Å². The number of hydrogen-bond donors (Lipinski definition) is 2. The third-order valence-electron chi connectivity index (χ3n) is 2.58. The van der Waals surface area contributed by atoms with Gasteiger partial charge in [-0.2, -0.15) is 0 Å². The highest BCUT2D eigenvalue weighted by molar-refractivity contribution is 9.10. The Kier molecular flexibility index (Phi) is 3.67. The van der Waals surface area contributed by atoms with Crippen LogP contribution >= 0.6 is 15.9 Å². The maximum Gasteiger partial charge on any atom is 0.256 e. The second-order valence-corrected chi connectivity index (χ2v) is 4.88. The summed E-state index contributed by atoms with van der Waals surface area (Å²) in [6, 6.07) is 12.8. The van der Waals surface area contributed by atoms with Crippen molar-refractivity contribution in [3.05, 3.63) is 58.1 Å². The summed E-state index contributed by atoms with van der Waals surface area (Å²) in [6.07, 6.45) is 0. The molecule has 0 atom stereocenters. The van der Waals surface area contributed by atoms with E-state index in [4.69, 9.17) is 5.73 Å². The first-order valence-corrected chi connectivity index (χ1v) is 6.29. The fourth-order valence-electron chi connectivity index (χ4n) is 1.60. The van der Waals surface area contributed by atoms with Gasteiger partial charge < -0.3 is 11.1 Å². The van der Waals surface area contributed by atoms with Crippen molar-refractivity contribution in [1.82, 2.24) is 0 Å². The molecule has 18 heavy (non-hydrogen) atoms. The summed E-state index contributed by atoms with van der Waals surface area (Å²) in [7, 11) is 0. The molecule has 2 aromatic rings. The van der Waals surface area contributed by atoms with Crippen LogP contribution in [0.25, 0.3) is 0 Å². The molecule has 0 heterocycles. The van der Waals surface area contributed by atoms with Crippen LogP contribution in [0.3, 0.4) is 0 Å². The van der Waals surface area contributed by atoms with E-state index in [0.717, 1.165) is 10.0 Å². The van der Waals surface area contributed by atoms with Crippen LogP contribution in [0.1, 0.15) is 15.9 Å². The largest absolute Gasteiger partial charge is 0.397 e. The molecule has 4 heteroatoms. The molecule has 0 radical (unpaired) electrons. The van der Waals surface area contributed by atoms with Gasteiger partial charge in [0.1, 0.15) is 0 Å². The first kappa shape index (κ1) is 12.6. The van der Waals surface area contributed by atoms with Crippen LogP contribution in [0.4, 0.5) is 11.4 Å². The van der Waals surface area contributed by atoms with Crippen LogP contribution in [0.15, 0.2) is 46.9 Å². The average Bonchev–Trinajstić information content (AvgIpc) is 2.32. The molecule has 1 amide bonds. The number of nitrogen functional groups attached to an aromatic ring is 1. The predicted octanol–water partition coefficient (Wildman–Crippen LogP) is 3.59. The summed E-state index contributed by atoms with van der Waals surface area (Å²) >= 11 is 3.39. The predicted molar refractivity (Wildman–Crippen MR) is 77.7 cm³/mol. The van der Waals surface area contributed by atoms with E-state index in [1.54, 1.807) is 18.2 Å². The topological polar surface area (TPSA) is 55.1 Å². The number of nitrogens with two attached hydrogens (primary N) is 1. The van der Waals surface area contributed by atoms with E-state index in [-0.39, 0.29) is 5.91 Å². The fraction of sp³-hybridized carbons (Fsp3) is 0.0714. The van der Waals surface area contributed by atoms with Gasteiger partial charge >= 0.3 is 0 Å². The van der Waals surface area contributed by atoms with Gasteiger partial charge in [-0.05, 0) is 52.7 Å². The number of anilines is 2. The molecule has 0 aliphatic heterocycles. The van der Waals surface area contributed by atoms with Gasteiger partial charge in [-0.15, -0.1) is 0 Å². The standard InChI is InChI=1S/C14H13BrN2O/c1-9-6-7-10(11(15)8-9)14(18)17-13-5-3-2-4-12(13)16/h2-8H,16H2,1H3,(H,17,18). The monoisotopic (exact) mass is 304 g/mol. The van der Waals surface area contributed by atoms with Crippen LogP contribution in [0, 0.1) is 6.92 Å². The Morgan fingerprint density at radius 3 is 2.61 bits per heavy atom. The van der Waals surface area contributed by atoms with Crippen molar-refractivity contribution in [1.29, 1.82) is 0 Å². The normalized spacial score (nSPS) is 10.1. The van der Waals surface area contributed by atoms with Gasteiger partial charge in [0, 0.05) is 4.47 Å². The van der Waals surface area contributed by atoms with E-state index in [0.29, 0.717) is 16.9 Å². The summed E-state index contributed by atoms with van der Waals surface area (Å²) < 4.78 is 0.773. The maximum absolute atomic E-state index is 12.1. The van der Waals surface area contributed by atoms with Gasteiger partial charge in [0.15, 0.2) is 0 Å². The number of nitrogens with one attached hydrogen (secondary N) is 1. The molecule has 0 bridgehead atoms. The number of carbonyl (C=O) groups is 1. The van der Waals surface area contributed by atoms with Gasteiger partial charge in [-0.1, -0.05) is 18.2 Å². The third kappa shape index (κ3) is 2.71. The number of carbonyl (C=O) groups excluding carboxylic acids is 1. The molecule has 0 unspecified atom stereocenters. The highest BCUT2D eigenvalue weighted by Crippen LogP contribution is 2.22. The first-order chi connectivity index (χ1) is 8.58. The second kappa shape index (κ2) is 5.23. The summed E-state index contributed by atoms with van der Waals surface area (Å²) in [4.78, 5) is 12.1. The molecule has 3 N–H and O–H groups in total. The quantitative estimate of drug-likeness (QED) is 0.833. The highest BCUT2D eigenvalue weighted by atomic mass is 79.9. The molecule has 3 nitrogen and oxygen atoms in total. The molecule has 2 rings (SSSR count). The van der Waals surface area contributed by atoms with Crippen molar-refractivity contribution in [2.45, 2.75) is 6.92 Å². The molecular weight excluding hydrogens is 292 g/mol. The van der Waals surface area contributed by atoms with E-state index < -0.39 is 0 Å². The van der Waals surface area contributed by atoms with E-state index in [9.17, 15) is 4.79 Å². The molecule has 92 valence electrons. The van der Waals surface area contributed by atoms with Gasteiger partial charge in [-0.25, -0.2) is 0 Å². The molecule has 0 aromatic heterocycles. The summed E-state index contributed by atoms with van der Waals surface area (Å²) in [5.74, 6) is -0.181. The van der Waals surface area contributed by atoms with Crippen molar-refractivity contribution >= 4 is 33.2 Å². The number of halogens is 1. The van der Waals surface area contributed by atoms with Crippen LogP contribution in [-0.2, 0) is 0 Å². The third-order valence-corrected chi connectivity index (χ3v) is 3.23. The fourth-order valence-corrected chi connectivity index (χ4v) is 2.28. The van der Waals surface area contributed by atoms with Crippen LogP contribution in [-0.4, -0.2) is 5.91 Å². The van der Waals surface area contributed by atoms with Crippen molar-refractivity contribution < 1.29 is 4.79 Å². The minimum atomic E-state index is -0.181. The molecule has 0 fully saturated rings. The smallest absolute Gasteiger partial charge is 0.256 e. The molecule has 0 aliphatic rings. The number of amides is 1. The Labute approximate surface area is 114 Å². The van der Waals surface area contributed by atoms with Crippen molar-refractivity contribution in [3.63, 3.8) is 0 Å². The van der Waals surface area contributed by atoms with Crippen molar-refractivity contribution in [2.75, 3.05) is 11.1 Å². The van der Waals surface area contributed by atoms with Gasteiger partial charge in [0.05, 0.1) is 16.9 Å². The zero-order valence-electron chi connectivity index (χ0n) is 9.91. The average molecular weight is 305 g/mol. The SMILES string of the molecule is Cc1ccc(C(=O)Nc2ccccc2N)c(Br)c1. The number of rotatable bonds is 2. The Morgan fingerprint density at radius 2 is 1.94 bits per heavy atom. The lowest BCUT2D eigenvalue weighted by Crippen LogP contribution is -2.13. The Hall–Kier alpha value is -1.81. The summed E-state index contributed by atoms with van der Waals surface area (Å²) in [5, 5.41) is 2.79. The molecular formula is C14H13BrN2O. The van der Waals surface area contributed by atoms with Gasteiger partial charge in [-0.3, -0.25) is 4.79 Å². The first-order valence-electron chi connectivity index (χ1n) is 5.50. The summed E-state index contributed by atoms with van der Waals surface area (Å²) in [5.41, 5.74) is 8.64. The Bertz CT molecular complexity index is 596. The van der Waals surface area contributed by atoms with Gasteiger partial charge in [0.2, 0.25) is 0 Å². The Balaban J connectivity index is 2.25. The lowest BCUT2D eigenvalue weighted by Gasteiger charge is -2.09. The Morgan fingerprint density at radius 1 is 1.22 bits per heavy atom. The lowest BCUT2D eigenvalue weighted by atomic mass is 10.1. The minimum absolute atomic E-state index is 0.181. The van der Waals surface area contributed by atoms with Crippen molar-refractivity contribution in [3.8, 4) is 0 Å². The van der Waals surface area contributed by atoms with Crippen molar-refractivity contribution in [2.24, 2.45) is 0 Å². The van der Waals surface area contributed by atoms with Crippen LogP contribution in [0.5, 0.6) is 0 Å². The molecule has 0 spiro atoms.